The Labute approximate surface area is 116 Å². The van der Waals surface area contributed by atoms with Gasteiger partial charge in [-0.1, -0.05) is 6.92 Å². The van der Waals surface area contributed by atoms with E-state index in [0.717, 1.165) is 43.1 Å². The number of rotatable bonds is 9. The summed E-state index contributed by atoms with van der Waals surface area (Å²) >= 11 is 0. The number of benzene rings is 1. The Morgan fingerprint density at radius 1 is 1.21 bits per heavy atom. The Morgan fingerprint density at radius 2 is 2.00 bits per heavy atom. The maximum Gasteiger partial charge on any atom is 0.123 e. The minimum atomic E-state index is 0.419. The molecule has 0 aliphatic carbocycles. The summed E-state index contributed by atoms with van der Waals surface area (Å²) < 4.78 is 10.6. The van der Waals surface area contributed by atoms with Gasteiger partial charge in [-0.2, -0.15) is 0 Å². The average Bonchev–Trinajstić information content (AvgIpc) is 2.45. The van der Waals surface area contributed by atoms with Gasteiger partial charge in [0.25, 0.3) is 0 Å². The number of ether oxygens (including phenoxy) is 2. The summed E-state index contributed by atoms with van der Waals surface area (Å²) in [5.41, 5.74) is 1.11. The van der Waals surface area contributed by atoms with Crippen molar-refractivity contribution in [3.05, 3.63) is 23.8 Å². The highest BCUT2D eigenvalue weighted by molar-refractivity contribution is 5.40. The molecule has 19 heavy (non-hydrogen) atoms. The Morgan fingerprint density at radius 3 is 2.63 bits per heavy atom. The third-order valence-electron chi connectivity index (χ3n) is 3.01. The molecule has 1 unspecified atom stereocenters. The van der Waals surface area contributed by atoms with Gasteiger partial charge in [-0.05, 0) is 38.1 Å². The number of nitrogens with one attached hydrogen (secondary N) is 2. The van der Waals surface area contributed by atoms with Crippen LogP contribution in [0.15, 0.2) is 18.2 Å². The van der Waals surface area contributed by atoms with Gasteiger partial charge in [0.15, 0.2) is 0 Å². The van der Waals surface area contributed by atoms with Crippen molar-refractivity contribution >= 4 is 0 Å². The normalized spacial score (nSPS) is 12.2. The summed E-state index contributed by atoms with van der Waals surface area (Å²) in [5.74, 6) is 1.75. The van der Waals surface area contributed by atoms with Crippen LogP contribution < -0.4 is 20.1 Å². The molecule has 0 fully saturated rings. The summed E-state index contributed by atoms with van der Waals surface area (Å²) in [6.07, 6.45) is 1.16. The molecule has 0 aliphatic heterocycles. The van der Waals surface area contributed by atoms with Crippen molar-refractivity contribution in [2.45, 2.75) is 32.9 Å². The topological polar surface area (TPSA) is 42.5 Å². The van der Waals surface area contributed by atoms with Crippen LogP contribution in [-0.2, 0) is 6.54 Å². The maximum absolute atomic E-state index is 5.36. The zero-order valence-corrected chi connectivity index (χ0v) is 12.5. The number of hydrogen-bond donors (Lipinski definition) is 2. The van der Waals surface area contributed by atoms with Crippen LogP contribution in [0.3, 0.4) is 0 Å². The second-order valence-electron chi connectivity index (χ2n) is 4.66. The number of hydrogen-bond acceptors (Lipinski definition) is 4. The highest BCUT2D eigenvalue weighted by Crippen LogP contribution is 2.23. The number of methoxy groups -OCH3 is 2. The van der Waals surface area contributed by atoms with Gasteiger partial charge < -0.3 is 20.1 Å². The molecule has 2 N–H and O–H groups in total. The molecule has 0 heterocycles. The van der Waals surface area contributed by atoms with Crippen LogP contribution in [-0.4, -0.2) is 33.4 Å². The van der Waals surface area contributed by atoms with Crippen molar-refractivity contribution in [1.29, 1.82) is 0 Å². The van der Waals surface area contributed by atoms with E-state index in [1.54, 1.807) is 14.2 Å². The minimum Gasteiger partial charge on any atom is -0.497 e. The van der Waals surface area contributed by atoms with Gasteiger partial charge in [0, 0.05) is 24.7 Å². The van der Waals surface area contributed by atoms with Crippen molar-refractivity contribution < 1.29 is 9.47 Å². The Balaban J connectivity index is 2.51. The molecule has 0 saturated carbocycles. The second-order valence-corrected chi connectivity index (χ2v) is 4.66. The van der Waals surface area contributed by atoms with Crippen molar-refractivity contribution in [1.82, 2.24) is 10.6 Å². The van der Waals surface area contributed by atoms with Gasteiger partial charge in [0.1, 0.15) is 11.5 Å². The van der Waals surface area contributed by atoms with E-state index in [-0.39, 0.29) is 0 Å². The second kappa shape index (κ2) is 8.77. The highest BCUT2D eigenvalue weighted by atomic mass is 16.5. The molecular formula is C15H26N2O2. The first-order chi connectivity index (χ1) is 9.21. The van der Waals surface area contributed by atoms with Crippen molar-refractivity contribution in [2.24, 2.45) is 0 Å². The Kier molecular flexibility index (Phi) is 7.30. The summed E-state index contributed by atoms with van der Waals surface area (Å²) in [4.78, 5) is 0. The Hall–Kier alpha value is -1.26. The summed E-state index contributed by atoms with van der Waals surface area (Å²) in [5, 5.41) is 6.89. The fraction of sp³-hybridized carbons (Fsp3) is 0.600. The van der Waals surface area contributed by atoms with Crippen LogP contribution >= 0.6 is 0 Å². The van der Waals surface area contributed by atoms with Crippen LogP contribution in [0.4, 0.5) is 0 Å². The molecule has 1 aromatic rings. The van der Waals surface area contributed by atoms with Gasteiger partial charge in [0.2, 0.25) is 0 Å². The molecule has 0 spiro atoms. The van der Waals surface area contributed by atoms with Gasteiger partial charge in [-0.15, -0.1) is 0 Å². The van der Waals surface area contributed by atoms with E-state index in [1.807, 2.05) is 18.2 Å². The molecule has 1 rings (SSSR count). The molecule has 0 amide bonds. The predicted octanol–water partition coefficient (Wildman–Crippen LogP) is 2.18. The molecule has 0 bridgehead atoms. The quantitative estimate of drug-likeness (QED) is 0.672. The van der Waals surface area contributed by atoms with Gasteiger partial charge >= 0.3 is 0 Å². The SMILES string of the molecule is CCCNCC(C)NCc1cc(OC)ccc1OC. The summed E-state index contributed by atoms with van der Waals surface area (Å²) in [6.45, 7) is 7.16. The lowest BCUT2D eigenvalue weighted by Crippen LogP contribution is -2.36. The van der Waals surface area contributed by atoms with Crippen LogP contribution in [0.25, 0.3) is 0 Å². The average molecular weight is 266 g/mol. The zero-order chi connectivity index (χ0) is 14.1. The monoisotopic (exact) mass is 266 g/mol. The molecular weight excluding hydrogens is 240 g/mol. The van der Waals surface area contributed by atoms with Crippen LogP contribution in [0.1, 0.15) is 25.8 Å². The van der Waals surface area contributed by atoms with E-state index >= 15 is 0 Å². The van der Waals surface area contributed by atoms with Gasteiger partial charge in [-0.25, -0.2) is 0 Å². The van der Waals surface area contributed by atoms with E-state index in [9.17, 15) is 0 Å². The Bertz CT molecular complexity index is 369. The molecule has 108 valence electrons. The molecule has 1 aromatic carbocycles. The molecule has 4 nitrogen and oxygen atoms in total. The fourth-order valence-electron chi connectivity index (χ4n) is 1.87. The van der Waals surface area contributed by atoms with Crippen molar-refractivity contribution in [2.75, 3.05) is 27.3 Å². The van der Waals surface area contributed by atoms with Gasteiger partial charge in [-0.3, -0.25) is 0 Å². The first-order valence-electron chi connectivity index (χ1n) is 6.86. The summed E-state index contributed by atoms with van der Waals surface area (Å²) in [7, 11) is 3.37. The lowest BCUT2D eigenvalue weighted by molar-refractivity contribution is 0.394. The van der Waals surface area contributed by atoms with E-state index in [0.29, 0.717) is 6.04 Å². The molecule has 1 atom stereocenters. The molecule has 0 radical (unpaired) electrons. The maximum atomic E-state index is 5.36. The standard InChI is InChI=1S/C15H26N2O2/c1-5-8-16-10-12(2)17-11-13-9-14(18-3)6-7-15(13)19-4/h6-7,9,12,16-17H,5,8,10-11H2,1-4H3. The fourth-order valence-corrected chi connectivity index (χ4v) is 1.87. The van der Waals surface area contributed by atoms with E-state index in [4.69, 9.17) is 9.47 Å². The molecule has 0 aromatic heterocycles. The van der Waals surface area contributed by atoms with Crippen molar-refractivity contribution in [3.63, 3.8) is 0 Å². The van der Waals surface area contributed by atoms with E-state index in [1.165, 1.54) is 0 Å². The predicted molar refractivity (Wildman–Crippen MR) is 79.0 cm³/mol. The first-order valence-corrected chi connectivity index (χ1v) is 6.86. The molecule has 4 heteroatoms. The third kappa shape index (κ3) is 5.49. The molecule has 0 saturated heterocycles. The van der Waals surface area contributed by atoms with Crippen LogP contribution in [0.5, 0.6) is 11.5 Å². The third-order valence-corrected chi connectivity index (χ3v) is 3.01. The van der Waals surface area contributed by atoms with E-state index in [2.05, 4.69) is 24.5 Å². The lowest BCUT2D eigenvalue weighted by Gasteiger charge is -2.16. The smallest absolute Gasteiger partial charge is 0.123 e. The molecule has 0 aliphatic rings. The lowest BCUT2D eigenvalue weighted by atomic mass is 10.1. The van der Waals surface area contributed by atoms with Crippen molar-refractivity contribution in [3.8, 4) is 11.5 Å². The van der Waals surface area contributed by atoms with Crippen LogP contribution in [0, 0.1) is 0 Å². The van der Waals surface area contributed by atoms with E-state index < -0.39 is 0 Å². The highest BCUT2D eigenvalue weighted by Gasteiger charge is 2.07. The van der Waals surface area contributed by atoms with Crippen LogP contribution in [0.2, 0.25) is 0 Å². The first kappa shape index (κ1) is 15.8. The zero-order valence-electron chi connectivity index (χ0n) is 12.5. The van der Waals surface area contributed by atoms with Gasteiger partial charge in [0.05, 0.1) is 14.2 Å². The largest absolute Gasteiger partial charge is 0.497 e. The summed E-state index contributed by atoms with van der Waals surface area (Å²) in [6, 6.07) is 6.28. The minimum absolute atomic E-state index is 0.419.